The van der Waals surface area contributed by atoms with E-state index in [0.717, 1.165) is 12.0 Å². The Kier molecular flexibility index (Phi) is 5.38. The molecule has 0 bridgehead atoms. The lowest BCUT2D eigenvalue weighted by Gasteiger charge is -2.20. The third-order valence-electron chi connectivity index (χ3n) is 3.01. The molecule has 0 aliphatic rings. The van der Waals surface area contributed by atoms with E-state index in [4.69, 9.17) is 5.26 Å². The summed E-state index contributed by atoms with van der Waals surface area (Å²) in [5.41, 5.74) is 1.08. The van der Waals surface area contributed by atoms with E-state index < -0.39 is 5.92 Å². The lowest BCUT2D eigenvalue weighted by molar-refractivity contribution is -0.125. The minimum absolute atomic E-state index is 0.0201. The predicted octanol–water partition coefficient (Wildman–Crippen LogP) is 3.05. The van der Waals surface area contributed by atoms with Gasteiger partial charge in [0.2, 0.25) is 5.91 Å². The largest absolute Gasteiger partial charge is 0.348 e. The van der Waals surface area contributed by atoms with E-state index in [1.165, 1.54) is 0 Å². The normalized spacial score (nSPS) is 13.7. The monoisotopic (exact) mass is 244 g/mol. The zero-order valence-electron chi connectivity index (χ0n) is 11.2. The Labute approximate surface area is 109 Å². The molecule has 1 rings (SSSR count). The van der Waals surface area contributed by atoms with Gasteiger partial charge in [0.15, 0.2) is 0 Å². The highest BCUT2D eigenvalue weighted by Crippen LogP contribution is 2.18. The predicted molar refractivity (Wildman–Crippen MR) is 71.6 cm³/mol. The smallest absolute Gasteiger partial charge is 0.238 e. The van der Waals surface area contributed by atoms with Crippen LogP contribution in [0, 0.1) is 23.2 Å². The second kappa shape index (κ2) is 6.80. The van der Waals surface area contributed by atoms with Crippen LogP contribution in [0.5, 0.6) is 0 Å². The standard InChI is InChI=1S/C15H20N2O/c1-4-14(12-8-6-5-7-9-12)17-15(18)13(10-16)11(2)3/h5-9,11,13-14H,4H2,1-3H3,(H,17,18). The third kappa shape index (κ3) is 3.59. The zero-order chi connectivity index (χ0) is 13.5. The number of nitriles is 1. The van der Waals surface area contributed by atoms with Gasteiger partial charge in [0.1, 0.15) is 5.92 Å². The van der Waals surface area contributed by atoms with Crippen LogP contribution >= 0.6 is 0 Å². The first kappa shape index (κ1) is 14.2. The Morgan fingerprint density at radius 3 is 2.39 bits per heavy atom. The molecule has 0 spiro atoms. The summed E-state index contributed by atoms with van der Waals surface area (Å²) in [5.74, 6) is -0.728. The molecule has 0 aromatic heterocycles. The van der Waals surface area contributed by atoms with Crippen LogP contribution in [-0.2, 0) is 4.79 Å². The van der Waals surface area contributed by atoms with Crippen molar-refractivity contribution in [2.45, 2.75) is 33.2 Å². The van der Waals surface area contributed by atoms with Gasteiger partial charge in [-0.2, -0.15) is 5.26 Å². The van der Waals surface area contributed by atoms with Gasteiger partial charge in [-0.25, -0.2) is 0 Å². The summed E-state index contributed by atoms with van der Waals surface area (Å²) in [7, 11) is 0. The average molecular weight is 244 g/mol. The first-order valence-electron chi connectivity index (χ1n) is 6.35. The second-order valence-corrected chi connectivity index (χ2v) is 4.73. The van der Waals surface area contributed by atoms with Crippen molar-refractivity contribution >= 4 is 5.91 Å². The highest BCUT2D eigenvalue weighted by Gasteiger charge is 2.23. The van der Waals surface area contributed by atoms with Crippen molar-refractivity contribution in [1.82, 2.24) is 5.32 Å². The van der Waals surface area contributed by atoms with E-state index in [0.29, 0.717) is 0 Å². The van der Waals surface area contributed by atoms with Crippen molar-refractivity contribution in [3.63, 3.8) is 0 Å². The average Bonchev–Trinajstić information content (AvgIpc) is 2.37. The second-order valence-electron chi connectivity index (χ2n) is 4.73. The van der Waals surface area contributed by atoms with E-state index in [1.54, 1.807) is 0 Å². The molecule has 3 nitrogen and oxygen atoms in total. The lowest BCUT2D eigenvalue weighted by Crippen LogP contribution is -2.35. The molecule has 1 aromatic rings. The molecule has 0 radical (unpaired) electrons. The molecule has 1 amide bonds. The Morgan fingerprint density at radius 2 is 1.94 bits per heavy atom. The highest BCUT2D eigenvalue weighted by atomic mass is 16.1. The van der Waals surface area contributed by atoms with Gasteiger partial charge in [-0.3, -0.25) is 4.79 Å². The molecule has 0 aliphatic carbocycles. The fraction of sp³-hybridized carbons (Fsp3) is 0.467. The number of amides is 1. The Hall–Kier alpha value is -1.82. The van der Waals surface area contributed by atoms with Crippen molar-refractivity contribution < 1.29 is 4.79 Å². The Morgan fingerprint density at radius 1 is 1.33 bits per heavy atom. The molecule has 1 N–H and O–H groups in total. The molecule has 2 atom stereocenters. The maximum Gasteiger partial charge on any atom is 0.238 e. The molecule has 0 saturated carbocycles. The number of nitrogens with zero attached hydrogens (tertiary/aromatic N) is 1. The Balaban J connectivity index is 2.76. The molecular weight excluding hydrogens is 224 g/mol. The molecular formula is C15H20N2O. The molecule has 0 aliphatic heterocycles. The number of carbonyl (C=O) groups is 1. The number of hydrogen-bond acceptors (Lipinski definition) is 2. The quantitative estimate of drug-likeness (QED) is 0.865. The van der Waals surface area contributed by atoms with Crippen LogP contribution in [0.2, 0.25) is 0 Å². The van der Waals surface area contributed by atoms with Crippen LogP contribution < -0.4 is 5.32 Å². The van der Waals surface area contributed by atoms with Crippen LogP contribution in [0.15, 0.2) is 30.3 Å². The van der Waals surface area contributed by atoms with Crippen LogP contribution in [-0.4, -0.2) is 5.91 Å². The Bertz CT molecular complexity index is 420. The zero-order valence-corrected chi connectivity index (χ0v) is 11.2. The van der Waals surface area contributed by atoms with E-state index >= 15 is 0 Å². The third-order valence-corrected chi connectivity index (χ3v) is 3.01. The molecule has 18 heavy (non-hydrogen) atoms. The topological polar surface area (TPSA) is 52.9 Å². The summed E-state index contributed by atoms with van der Waals surface area (Å²) in [6.45, 7) is 5.79. The number of rotatable bonds is 5. The summed E-state index contributed by atoms with van der Waals surface area (Å²) in [6.07, 6.45) is 0.812. The summed E-state index contributed by atoms with van der Waals surface area (Å²) in [5, 5.41) is 12.0. The van der Waals surface area contributed by atoms with Crippen molar-refractivity contribution in [2.75, 3.05) is 0 Å². The summed E-state index contributed by atoms with van der Waals surface area (Å²) >= 11 is 0. The van der Waals surface area contributed by atoms with Gasteiger partial charge in [-0.1, -0.05) is 51.1 Å². The molecule has 3 heteroatoms. The summed E-state index contributed by atoms with van der Waals surface area (Å²) in [6, 6.07) is 11.9. The molecule has 96 valence electrons. The van der Waals surface area contributed by atoms with Crippen molar-refractivity contribution in [2.24, 2.45) is 11.8 Å². The minimum atomic E-state index is -0.581. The fourth-order valence-electron chi connectivity index (χ4n) is 1.88. The van der Waals surface area contributed by atoms with Gasteiger partial charge in [0.05, 0.1) is 12.1 Å². The first-order valence-corrected chi connectivity index (χ1v) is 6.35. The van der Waals surface area contributed by atoms with E-state index in [9.17, 15) is 4.79 Å². The summed E-state index contributed by atoms with van der Waals surface area (Å²) in [4.78, 5) is 12.0. The van der Waals surface area contributed by atoms with Gasteiger partial charge in [0, 0.05) is 0 Å². The van der Waals surface area contributed by atoms with Crippen LogP contribution in [0.4, 0.5) is 0 Å². The van der Waals surface area contributed by atoms with Crippen LogP contribution in [0.1, 0.15) is 38.8 Å². The maximum atomic E-state index is 12.0. The van der Waals surface area contributed by atoms with Gasteiger partial charge in [-0.05, 0) is 17.9 Å². The number of benzene rings is 1. The fourth-order valence-corrected chi connectivity index (χ4v) is 1.88. The SMILES string of the molecule is CCC(NC(=O)C(C#N)C(C)C)c1ccccc1. The molecule has 0 heterocycles. The van der Waals surface area contributed by atoms with E-state index in [1.807, 2.05) is 51.1 Å². The van der Waals surface area contributed by atoms with Crippen molar-refractivity contribution in [3.05, 3.63) is 35.9 Å². The molecule has 2 unspecified atom stereocenters. The number of hydrogen-bond donors (Lipinski definition) is 1. The molecule has 0 fully saturated rings. The maximum absolute atomic E-state index is 12.0. The molecule has 1 aromatic carbocycles. The number of nitrogens with one attached hydrogen (secondary N) is 1. The van der Waals surface area contributed by atoms with Crippen LogP contribution in [0.3, 0.4) is 0 Å². The molecule has 0 saturated heterocycles. The minimum Gasteiger partial charge on any atom is -0.348 e. The van der Waals surface area contributed by atoms with E-state index in [-0.39, 0.29) is 17.9 Å². The van der Waals surface area contributed by atoms with Crippen molar-refractivity contribution in [1.29, 1.82) is 5.26 Å². The van der Waals surface area contributed by atoms with Gasteiger partial charge in [0.25, 0.3) is 0 Å². The van der Waals surface area contributed by atoms with Gasteiger partial charge < -0.3 is 5.32 Å². The van der Waals surface area contributed by atoms with Gasteiger partial charge in [-0.15, -0.1) is 0 Å². The van der Waals surface area contributed by atoms with Crippen LogP contribution in [0.25, 0.3) is 0 Å². The first-order chi connectivity index (χ1) is 8.60. The van der Waals surface area contributed by atoms with Gasteiger partial charge >= 0.3 is 0 Å². The highest BCUT2D eigenvalue weighted by molar-refractivity contribution is 5.81. The summed E-state index contributed by atoms with van der Waals surface area (Å²) < 4.78 is 0. The van der Waals surface area contributed by atoms with Crippen molar-refractivity contribution in [3.8, 4) is 6.07 Å². The lowest BCUT2D eigenvalue weighted by atomic mass is 9.95. The number of carbonyl (C=O) groups excluding carboxylic acids is 1. The van der Waals surface area contributed by atoms with E-state index in [2.05, 4.69) is 11.4 Å².